The molecule has 7 heteroatoms. The lowest BCUT2D eigenvalue weighted by Gasteiger charge is -2.34. The number of aliphatic carboxylic acids is 1. The number of carboxylic acid groups (broad SMARTS) is 1. The molecule has 1 saturated heterocycles. The smallest absolute Gasteiger partial charge is 0.325 e. The fraction of sp³-hybridized carbons (Fsp3) is 0.769. The maximum atomic E-state index is 12.3. The lowest BCUT2D eigenvalue weighted by Crippen LogP contribution is -2.50. The van der Waals surface area contributed by atoms with Gasteiger partial charge in [-0.1, -0.05) is 0 Å². The summed E-state index contributed by atoms with van der Waals surface area (Å²) < 4.78 is 4.83. The number of urea groups is 1. The molecule has 114 valence electrons. The molecule has 20 heavy (non-hydrogen) atoms. The molecule has 0 aromatic carbocycles. The van der Waals surface area contributed by atoms with Crippen LogP contribution in [0.1, 0.15) is 26.7 Å². The summed E-state index contributed by atoms with van der Waals surface area (Å²) in [6, 6.07) is -0.300. The van der Waals surface area contributed by atoms with E-state index in [-0.39, 0.29) is 25.7 Å². The van der Waals surface area contributed by atoms with Gasteiger partial charge < -0.3 is 19.6 Å². The zero-order valence-electron chi connectivity index (χ0n) is 12.0. The molecular formula is C13H22N2O5. The van der Waals surface area contributed by atoms with Gasteiger partial charge in [-0.05, 0) is 26.7 Å². The standard InChI is InChI=1S/C13H22N2O5/c1-3-14(9-11(16)20-4-2)13(19)15-7-5-6-10(8-15)12(17)18/h10H,3-9H2,1-2H3,(H,17,18)/t10-/m1/s1. The first kappa shape index (κ1) is 16.3. The van der Waals surface area contributed by atoms with Gasteiger partial charge in [0.2, 0.25) is 0 Å². The first-order valence-electron chi connectivity index (χ1n) is 6.91. The molecule has 0 bridgehead atoms. The van der Waals surface area contributed by atoms with Crippen LogP contribution >= 0.6 is 0 Å². The van der Waals surface area contributed by atoms with Gasteiger partial charge in [0.1, 0.15) is 6.54 Å². The third kappa shape index (κ3) is 4.40. The lowest BCUT2D eigenvalue weighted by atomic mass is 9.99. The Bertz CT molecular complexity index is 372. The minimum Gasteiger partial charge on any atom is -0.481 e. The highest BCUT2D eigenvalue weighted by molar-refractivity contribution is 5.81. The number of hydrogen-bond acceptors (Lipinski definition) is 4. The molecule has 1 rings (SSSR count). The zero-order chi connectivity index (χ0) is 15.1. The van der Waals surface area contributed by atoms with Crippen LogP contribution in [0.4, 0.5) is 4.79 Å². The first-order chi connectivity index (χ1) is 9.49. The molecular weight excluding hydrogens is 264 g/mol. The Balaban J connectivity index is 2.61. The molecule has 0 spiro atoms. The highest BCUT2D eigenvalue weighted by Gasteiger charge is 2.30. The molecule has 0 radical (unpaired) electrons. The van der Waals surface area contributed by atoms with Crippen molar-refractivity contribution in [2.75, 3.05) is 32.8 Å². The van der Waals surface area contributed by atoms with Crippen LogP contribution in [0.15, 0.2) is 0 Å². The molecule has 0 saturated carbocycles. The molecule has 1 heterocycles. The van der Waals surface area contributed by atoms with Gasteiger partial charge in [-0.3, -0.25) is 9.59 Å². The van der Waals surface area contributed by atoms with Crippen LogP contribution in [0.25, 0.3) is 0 Å². The van der Waals surface area contributed by atoms with Gasteiger partial charge in [-0.15, -0.1) is 0 Å². The fourth-order valence-electron chi connectivity index (χ4n) is 2.23. The minimum absolute atomic E-state index is 0.0998. The molecule has 1 aliphatic heterocycles. The summed E-state index contributed by atoms with van der Waals surface area (Å²) in [6.07, 6.45) is 1.25. The number of carbonyl (C=O) groups is 3. The number of esters is 1. The van der Waals surface area contributed by atoms with Crippen molar-refractivity contribution in [2.24, 2.45) is 5.92 Å². The average molecular weight is 286 g/mol. The van der Waals surface area contributed by atoms with Crippen LogP contribution in [0, 0.1) is 5.92 Å². The normalized spacial score (nSPS) is 18.5. The van der Waals surface area contributed by atoms with Crippen molar-refractivity contribution in [2.45, 2.75) is 26.7 Å². The SMILES string of the molecule is CCOC(=O)CN(CC)C(=O)N1CCC[C@@H](C(=O)O)C1. The van der Waals surface area contributed by atoms with E-state index >= 15 is 0 Å². The molecule has 0 unspecified atom stereocenters. The number of amides is 2. The van der Waals surface area contributed by atoms with E-state index < -0.39 is 17.9 Å². The Morgan fingerprint density at radius 3 is 2.60 bits per heavy atom. The monoisotopic (exact) mass is 286 g/mol. The Morgan fingerprint density at radius 1 is 1.35 bits per heavy atom. The van der Waals surface area contributed by atoms with E-state index in [4.69, 9.17) is 9.84 Å². The maximum Gasteiger partial charge on any atom is 0.325 e. The highest BCUT2D eigenvalue weighted by atomic mass is 16.5. The van der Waals surface area contributed by atoms with E-state index in [1.807, 2.05) is 0 Å². The van der Waals surface area contributed by atoms with Gasteiger partial charge in [0, 0.05) is 19.6 Å². The van der Waals surface area contributed by atoms with Crippen molar-refractivity contribution < 1.29 is 24.2 Å². The Kier molecular flexibility index (Phi) is 6.27. The zero-order valence-corrected chi connectivity index (χ0v) is 12.0. The van der Waals surface area contributed by atoms with Gasteiger partial charge in [-0.2, -0.15) is 0 Å². The van der Waals surface area contributed by atoms with Gasteiger partial charge in [-0.25, -0.2) is 4.79 Å². The van der Waals surface area contributed by atoms with Crippen molar-refractivity contribution in [3.8, 4) is 0 Å². The molecule has 1 N–H and O–H groups in total. The number of carbonyl (C=O) groups excluding carboxylic acids is 2. The van der Waals surface area contributed by atoms with Crippen LogP contribution in [-0.2, 0) is 14.3 Å². The Morgan fingerprint density at radius 2 is 2.05 bits per heavy atom. The summed E-state index contributed by atoms with van der Waals surface area (Å²) in [6.45, 7) is 4.77. The van der Waals surface area contributed by atoms with Gasteiger partial charge >= 0.3 is 18.0 Å². The number of likely N-dealkylation sites (N-methyl/N-ethyl adjacent to an activating group) is 1. The number of ether oxygens (including phenoxy) is 1. The van der Waals surface area contributed by atoms with E-state index in [9.17, 15) is 14.4 Å². The highest BCUT2D eigenvalue weighted by Crippen LogP contribution is 2.18. The van der Waals surface area contributed by atoms with Gasteiger partial charge in [0.05, 0.1) is 12.5 Å². The van der Waals surface area contributed by atoms with E-state index in [0.29, 0.717) is 25.9 Å². The van der Waals surface area contributed by atoms with Crippen molar-refractivity contribution >= 4 is 18.0 Å². The van der Waals surface area contributed by atoms with E-state index in [1.165, 1.54) is 9.80 Å². The fourth-order valence-corrected chi connectivity index (χ4v) is 2.23. The summed E-state index contributed by atoms with van der Waals surface area (Å²) in [7, 11) is 0. The molecule has 0 aromatic rings. The van der Waals surface area contributed by atoms with Crippen molar-refractivity contribution in [1.29, 1.82) is 0 Å². The molecule has 0 aliphatic carbocycles. The predicted molar refractivity (Wildman–Crippen MR) is 71.2 cm³/mol. The lowest BCUT2D eigenvalue weighted by molar-refractivity contribution is -0.145. The first-order valence-corrected chi connectivity index (χ1v) is 6.91. The van der Waals surface area contributed by atoms with Gasteiger partial charge in [0.15, 0.2) is 0 Å². The number of likely N-dealkylation sites (tertiary alicyclic amines) is 1. The predicted octanol–water partition coefficient (Wildman–Crippen LogP) is 0.788. The van der Waals surface area contributed by atoms with Gasteiger partial charge in [0.25, 0.3) is 0 Å². The quantitative estimate of drug-likeness (QED) is 0.755. The van der Waals surface area contributed by atoms with E-state index in [0.717, 1.165) is 0 Å². The summed E-state index contributed by atoms with van der Waals surface area (Å²) in [5, 5.41) is 9.02. The van der Waals surface area contributed by atoms with Crippen molar-refractivity contribution in [1.82, 2.24) is 9.80 Å². The molecule has 2 amide bonds. The van der Waals surface area contributed by atoms with Crippen LogP contribution in [0.5, 0.6) is 0 Å². The van der Waals surface area contributed by atoms with E-state index in [1.54, 1.807) is 13.8 Å². The summed E-state index contributed by atoms with van der Waals surface area (Å²) in [4.78, 5) is 37.6. The average Bonchev–Trinajstić information content (AvgIpc) is 2.44. The minimum atomic E-state index is -0.879. The topological polar surface area (TPSA) is 87.2 Å². The summed E-state index contributed by atoms with van der Waals surface area (Å²) in [5.41, 5.74) is 0. The number of rotatable bonds is 5. The maximum absolute atomic E-state index is 12.3. The molecule has 1 atom stereocenters. The van der Waals surface area contributed by atoms with E-state index in [2.05, 4.69) is 0 Å². The largest absolute Gasteiger partial charge is 0.481 e. The van der Waals surface area contributed by atoms with Crippen LogP contribution in [0.3, 0.4) is 0 Å². The number of carboxylic acids is 1. The second kappa shape index (κ2) is 7.72. The third-order valence-corrected chi connectivity index (χ3v) is 3.32. The Labute approximate surface area is 118 Å². The third-order valence-electron chi connectivity index (χ3n) is 3.32. The Hall–Kier alpha value is -1.79. The van der Waals surface area contributed by atoms with Crippen LogP contribution < -0.4 is 0 Å². The molecule has 0 aromatic heterocycles. The van der Waals surface area contributed by atoms with Crippen LogP contribution in [0.2, 0.25) is 0 Å². The van der Waals surface area contributed by atoms with Crippen molar-refractivity contribution in [3.05, 3.63) is 0 Å². The molecule has 1 aliphatic rings. The number of nitrogens with zero attached hydrogens (tertiary/aromatic N) is 2. The second-order valence-electron chi connectivity index (χ2n) is 4.73. The number of piperidine rings is 1. The summed E-state index contributed by atoms with van der Waals surface area (Å²) in [5.74, 6) is -1.85. The number of hydrogen-bond donors (Lipinski definition) is 1. The molecule has 1 fully saturated rings. The van der Waals surface area contributed by atoms with Crippen LogP contribution in [-0.4, -0.2) is 65.7 Å². The second-order valence-corrected chi connectivity index (χ2v) is 4.73. The summed E-state index contributed by atoms with van der Waals surface area (Å²) >= 11 is 0. The molecule has 7 nitrogen and oxygen atoms in total. The van der Waals surface area contributed by atoms with Crippen molar-refractivity contribution in [3.63, 3.8) is 0 Å².